The Bertz CT molecular complexity index is 341. The number of nitrogens with one attached hydrogen (secondary N) is 2. The van der Waals surface area contributed by atoms with Gasteiger partial charge in [0, 0.05) is 32.2 Å². The second-order valence-electron chi connectivity index (χ2n) is 4.10. The summed E-state index contributed by atoms with van der Waals surface area (Å²) in [5.74, 6) is 2.88. The normalized spacial score (nSPS) is 10.6. The third-order valence-electron chi connectivity index (χ3n) is 2.23. The fraction of sp³-hybridized carbons (Fsp3) is 0.667. The van der Waals surface area contributed by atoms with Gasteiger partial charge in [0.25, 0.3) is 0 Å². The largest absolute Gasteiger partial charge is 0.383 e. The Labute approximate surface area is 103 Å². The second kappa shape index (κ2) is 7.06. The van der Waals surface area contributed by atoms with E-state index < -0.39 is 0 Å². The van der Waals surface area contributed by atoms with E-state index in [0.717, 1.165) is 30.5 Å². The van der Waals surface area contributed by atoms with Crippen LogP contribution >= 0.6 is 0 Å². The summed E-state index contributed by atoms with van der Waals surface area (Å²) in [6.07, 6.45) is 0. The van der Waals surface area contributed by atoms with Crippen LogP contribution in [0.15, 0.2) is 6.07 Å². The van der Waals surface area contributed by atoms with Gasteiger partial charge in [0.15, 0.2) is 0 Å². The molecule has 0 aliphatic carbocycles. The van der Waals surface area contributed by atoms with E-state index in [1.54, 1.807) is 7.11 Å². The molecule has 0 aromatic carbocycles. The van der Waals surface area contributed by atoms with Crippen LogP contribution in [0.25, 0.3) is 0 Å². The monoisotopic (exact) mass is 238 g/mol. The molecule has 5 nitrogen and oxygen atoms in total. The Morgan fingerprint density at radius 2 is 1.88 bits per heavy atom. The average Bonchev–Trinajstić information content (AvgIpc) is 2.29. The number of rotatable bonds is 7. The fourth-order valence-corrected chi connectivity index (χ4v) is 1.37. The van der Waals surface area contributed by atoms with E-state index in [0.29, 0.717) is 12.5 Å². The third-order valence-corrected chi connectivity index (χ3v) is 2.23. The molecule has 2 N–H and O–H groups in total. The van der Waals surface area contributed by atoms with Crippen molar-refractivity contribution in [2.75, 3.05) is 37.4 Å². The maximum absolute atomic E-state index is 5.00. The molecule has 96 valence electrons. The summed E-state index contributed by atoms with van der Waals surface area (Å²) in [5.41, 5.74) is 0. The molecule has 0 amide bonds. The first-order valence-electron chi connectivity index (χ1n) is 6.03. The molecule has 0 aliphatic rings. The molecular formula is C12H22N4O. The minimum Gasteiger partial charge on any atom is -0.383 e. The van der Waals surface area contributed by atoms with E-state index in [9.17, 15) is 0 Å². The number of aromatic nitrogens is 2. The van der Waals surface area contributed by atoms with E-state index in [1.165, 1.54) is 0 Å². The summed E-state index contributed by atoms with van der Waals surface area (Å²) in [7, 11) is 1.69. The highest BCUT2D eigenvalue weighted by atomic mass is 16.5. The highest BCUT2D eigenvalue weighted by Gasteiger charge is 2.07. The molecule has 0 atom stereocenters. The van der Waals surface area contributed by atoms with Crippen molar-refractivity contribution < 1.29 is 4.74 Å². The van der Waals surface area contributed by atoms with Gasteiger partial charge in [-0.05, 0) is 6.92 Å². The average molecular weight is 238 g/mol. The van der Waals surface area contributed by atoms with Crippen LogP contribution in [0.4, 0.5) is 11.6 Å². The Morgan fingerprint density at radius 1 is 1.24 bits per heavy atom. The predicted octanol–water partition coefficient (Wildman–Crippen LogP) is 2.09. The smallest absolute Gasteiger partial charge is 0.135 e. The lowest BCUT2D eigenvalue weighted by Crippen LogP contribution is -2.12. The molecular weight excluding hydrogens is 216 g/mol. The van der Waals surface area contributed by atoms with Crippen LogP contribution < -0.4 is 10.6 Å². The zero-order valence-electron chi connectivity index (χ0n) is 11.1. The van der Waals surface area contributed by atoms with Crippen molar-refractivity contribution in [2.24, 2.45) is 0 Å². The van der Waals surface area contributed by atoms with Crippen molar-refractivity contribution in [1.82, 2.24) is 9.97 Å². The molecule has 1 aromatic rings. The molecule has 0 spiro atoms. The summed E-state index contributed by atoms with van der Waals surface area (Å²) in [4.78, 5) is 8.93. The Balaban J connectivity index is 2.79. The van der Waals surface area contributed by atoms with Gasteiger partial charge >= 0.3 is 0 Å². The van der Waals surface area contributed by atoms with E-state index in [1.807, 2.05) is 6.07 Å². The SMILES string of the molecule is CCNc1cc(NCCOC)nc(C(C)C)n1. The maximum Gasteiger partial charge on any atom is 0.135 e. The van der Waals surface area contributed by atoms with E-state index in [4.69, 9.17) is 4.74 Å². The Kier molecular flexibility index (Phi) is 5.69. The summed E-state index contributed by atoms with van der Waals surface area (Å²) in [6.45, 7) is 8.49. The van der Waals surface area contributed by atoms with E-state index >= 15 is 0 Å². The summed E-state index contributed by atoms with van der Waals surface area (Å²) < 4.78 is 5.00. The van der Waals surface area contributed by atoms with Gasteiger partial charge in [-0.2, -0.15) is 0 Å². The van der Waals surface area contributed by atoms with Crippen LogP contribution in [0, 0.1) is 0 Å². The van der Waals surface area contributed by atoms with Crippen LogP contribution in [0.1, 0.15) is 32.5 Å². The number of hydrogen-bond acceptors (Lipinski definition) is 5. The number of hydrogen-bond donors (Lipinski definition) is 2. The molecule has 0 unspecified atom stereocenters. The first-order chi connectivity index (χ1) is 8.17. The number of methoxy groups -OCH3 is 1. The minimum atomic E-state index is 0.316. The topological polar surface area (TPSA) is 59.1 Å². The highest BCUT2D eigenvalue weighted by Crippen LogP contribution is 2.16. The van der Waals surface area contributed by atoms with E-state index in [2.05, 4.69) is 41.4 Å². The van der Waals surface area contributed by atoms with Crippen LogP contribution in [-0.4, -0.2) is 36.8 Å². The van der Waals surface area contributed by atoms with Gasteiger partial charge in [0.1, 0.15) is 17.5 Å². The van der Waals surface area contributed by atoms with Crippen LogP contribution in [0.2, 0.25) is 0 Å². The molecule has 1 aromatic heterocycles. The van der Waals surface area contributed by atoms with Crippen LogP contribution in [0.5, 0.6) is 0 Å². The standard InChI is InChI=1S/C12H22N4O/c1-5-13-10-8-11(14-6-7-17-4)16-12(15-10)9(2)3/h8-9H,5-7H2,1-4H3,(H2,13,14,15,16). The fourth-order valence-electron chi connectivity index (χ4n) is 1.37. The lowest BCUT2D eigenvalue weighted by atomic mass is 10.2. The molecule has 1 heterocycles. The van der Waals surface area contributed by atoms with Gasteiger partial charge in [0.2, 0.25) is 0 Å². The second-order valence-corrected chi connectivity index (χ2v) is 4.10. The number of nitrogens with zero attached hydrogens (tertiary/aromatic N) is 2. The zero-order valence-corrected chi connectivity index (χ0v) is 11.1. The molecule has 0 fully saturated rings. The first-order valence-corrected chi connectivity index (χ1v) is 6.03. The molecule has 0 bridgehead atoms. The summed E-state index contributed by atoms with van der Waals surface area (Å²) in [5, 5.41) is 6.43. The van der Waals surface area contributed by atoms with Crippen molar-refractivity contribution in [3.8, 4) is 0 Å². The quantitative estimate of drug-likeness (QED) is 0.712. The first kappa shape index (κ1) is 13.7. The molecule has 0 saturated heterocycles. The summed E-state index contributed by atoms with van der Waals surface area (Å²) >= 11 is 0. The van der Waals surface area contributed by atoms with Crippen LogP contribution in [-0.2, 0) is 4.74 Å². The van der Waals surface area contributed by atoms with Crippen molar-refractivity contribution in [3.05, 3.63) is 11.9 Å². The molecule has 5 heteroatoms. The van der Waals surface area contributed by atoms with Crippen LogP contribution in [0.3, 0.4) is 0 Å². The van der Waals surface area contributed by atoms with Gasteiger partial charge in [-0.1, -0.05) is 13.8 Å². The van der Waals surface area contributed by atoms with Gasteiger partial charge in [0.05, 0.1) is 6.61 Å². The predicted molar refractivity (Wildman–Crippen MR) is 70.7 cm³/mol. The minimum absolute atomic E-state index is 0.316. The highest BCUT2D eigenvalue weighted by molar-refractivity contribution is 5.47. The molecule has 0 aliphatic heterocycles. The number of ether oxygens (including phenoxy) is 1. The van der Waals surface area contributed by atoms with Gasteiger partial charge in [-0.15, -0.1) is 0 Å². The van der Waals surface area contributed by atoms with Crippen molar-refractivity contribution >= 4 is 11.6 Å². The van der Waals surface area contributed by atoms with Gasteiger partial charge in [-0.25, -0.2) is 9.97 Å². The maximum atomic E-state index is 5.00. The lowest BCUT2D eigenvalue weighted by Gasteiger charge is -2.11. The third kappa shape index (κ3) is 4.56. The summed E-state index contributed by atoms with van der Waals surface area (Å²) in [6, 6.07) is 1.92. The number of anilines is 2. The van der Waals surface area contributed by atoms with Crippen molar-refractivity contribution in [2.45, 2.75) is 26.7 Å². The van der Waals surface area contributed by atoms with Gasteiger partial charge in [-0.3, -0.25) is 0 Å². The van der Waals surface area contributed by atoms with E-state index in [-0.39, 0.29) is 0 Å². The Hall–Kier alpha value is -1.36. The molecule has 0 saturated carbocycles. The Morgan fingerprint density at radius 3 is 2.41 bits per heavy atom. The molecule has 0 radical (unpaired) electrons. The van der Waals surface area contributed by atoms with Crippen molar-refractivity contribution in [3.63, 3.8) is 0 Å². The molecule has 17 heavy (non-hydrogen) atoms. The molecule has 1 rings (SSSR count). The van der Waals surface area contributed by atoms with Gasteiger partial charge < -0.3 is 15.4 Å². The van der Waals surface area contributed by atoms with Crippen molar-refractivity contribution in [1.29, 1.82) is 0 Å². The lowest BCUT2D eigenvalue weighted by molar-refractivity contribution is 0.210. The zero-order chi connectivity index (χ0) is 12.7.